The van der Waals surface area contributed by atoms with Crippen LogP contribution in [0, 0.1) is 11.3 Å². The van der Waals surface area contributed by atoms with Gasteiger partial charge in [-0.1, -0.05) is 12.1 Å². The summed E-state index contributed by atoms with van der Waals surface area (Å²) in [5.74, 6) is 0.136. The molecule has 0 fully saturated rings. The first-order valence-electron chi connectivity index (χ1n) is 7.53. The van der Waals surface area contributed by atoms with Gasteiger partial charge in [0.1, 0.15) is 11.8 Å². The normalized spacial score (nSPS) is 10.1. The van der Waals surface area contributed by atoms with Crippen molar-refractivity contribution in [2.24, 2.45) is 0 Å². The standard InChI is InChI=1S/C19H17N3O3/c1-21-19(24)15-5-7-16(8-6-15)22-18(23)11-4-14-2-9-17(10-3-14)25-13-12-20/h2-11H,13H2,1H3,(H,21,24)(H,22,23)/b11-4+. The number of anilines is 1. The van der Waals surface area contributed by atoms with Crippen molar-refractivity contribution in [1.82, 2.24) is 5.32 Å². The van der Waals surface area contributed by atoms with Gasteiger partial charge >= 0.3 is 0 Å². The third-order valence-corrected chi connectivity index (χ3v) is 3.25. The highest BCUT2D eigenvalue weighted by Crippen LogP contribution is 2.13. The molecule has 0 bridgehead atoms. The molecule has 0 aliphatic rings. The molecule has 25 heavy (non-hydrogen) atoms. The highest BCUT2D eigenvalue weighted by Gasteiger charge is 2.03. The summed E-state index contributed by atoms with van der Waals surface area (Å²) in [7, 11) is 1.56. The van der Waals surface area contributed by atoms with Crippen LogP contribution in [0.2, 0.25) is 0 Å². The van der Waals surface area contributed by atoms with E-state index >= 15 is 0 Å². The molecule has 2 amide bonds. The maximum absolute atomic E-state index is 11.9. The molecular formula is C19H17N3O3. The molecule has 2 N–H and O–H groups in total. The Labute approximate surface area is 145 Å². The molecule has 0 saturated heterocycles. The second-order valence-corrected chi connectivity index (χ2v) is 4.99. The summed E-state index contributed by atoms with van der Waals surface area (Å²) >= 11 is 0. The van der Waals surface area contributed by atoms with E-state index in [4.69, 9.17) is 10.00 Å². The Kier molecular flexibility index (Phi) is 6.32. The van der Waals surface area contributed by atoms with Crippen LogP contribution in [-0.2, 0) is 4.79 Å². The second kappa shape index (κ2) is 8.89. The number of carbonyl (C=O) groups excluding carboxylic acids is 2. The van der Waals surface area contributed by atoms with E-state index in [1.54, 1.807) is 61.7 Å². The van der Waals surface area contributed by atoms with Crippen LogP contribution in [-0.4, -0.2) is 25.5 Å². The number of nitrogens with zero attached hydrogens (tertiary/aromatic N) is 1. The molecule has 0 aromatic heterocycles. The summed E-state index contributed by atoms with van der Waals surface area (Å²) < 4.78 is 5.16. The van der Waals surface area contributed by atoms with E-state index in [0.717, 1.165) is 5.56 Å². The molecule has 0 heterocycles. The number of ether oxygens (including phenoxy) is 1. The molecule has 126 valence electrons. The zero-order valence-corrected chi connectivity index (χ0v) is 13.7. The lowest BCUT2D eigenvalue weighted by atomic mass is 10.2. The quantitative estimate of drug-likeness (QED) is 0.794. The lowest BCUT2D eigenvalue weighted by Crippen LogP contribution is -2.17. The highest BCUT2D eigenvalue weighted by atomic mass is 16.5. The average Bonchev–Trinajstić information content (AvgIpc) is 2.65. The number of carbonyl (C=O) groups is 2. The topological polar surface area (TPSA) is 91.2 Å². The molecule has 2 rings (SSSR count). The Morgan fingerprint density at radius 2 is 1.80 bits per heavy atom. The van der Waals surface area contributed by atoms with E-state index in [2.05, 4.69) is 10.6 Å². The molecule has 6 heteroatoms. The number of benzene rings is 2. The summed E-state index contributed by atoms with van der Waals surface area (Å²) in [5, 5.41) is 13.7. The van der Waals surface area contributed by atoms with Crippen molar-refractivity contribution in [3.63, 3.8) is 0 Å². The third kappa shape index (κ3) is 5.52. The van der Waals surface area contributed by atoms with Crippen molar-refractivity contribution in [3.05, 3.63) is 65.7 Å². The lowest BCUT2D eigenvalue weighted by Gasteiger charge is -2.04. The summed E-state index contributed by atoms with van der Waals surface area (Å²) in [5.41, 5.74) is 1.95. The fourth-order valence-electron chi connectivity index (χ4n) is 2.00. The average molecular weight is 335 g/mol. The minimum Gasteiger partial charge on any atom is -0.479 e. The van der Waals surface area contributed by atoms with Crippen molar-refractivity contribution in [3.8, 4) is 11.8 Å². The molecule has 0 aliphatic heterocycles. The van der Waals surface area contributed by atoms with Gasteiger partial charge in [-0.3, -0.25) is 9.59 Å². The summed E-state index contributed by atoms with van der Waals surface area (Å²) in [6, 6.07) is 15.5. The predicted octanol–water partition coefficient (Wildman–Crippen LogP) is 2.60. The maximum atomic E-state index is 11.9. The summed E-state index contributed by atoms with van der Waals surface area (Å²) in [6.07, 6.45) is 3.08. The van der Waals surface area contributed by atoms with Gasteiger partial charge in [-0.25, -0.2) is 0 Å². The molecule has 2 aromatic rings. The van der Waals surface area contributed by atoms with Crippen LogP contribution < -0.4 is 15.4 Å². The maximum Gasteiger partial charge on any atom is 0.251 e. The second-order valence-electron chi connectivity index (χ2n) is 4.99. The van der Waals surface area contributed by atoms with Gasteiger partial charge in [-0.05, 0) is 48.0 Å². The molecule has 0 spiro atoms. The molecule has 0 aliphatic carbocycles. The fourth-order valence-corrected chi connectivity index (χ4v) is 2.00. The molecule has 2 aromatic carbocycles. The Hall–Kier alpha value is -3.59. The van der Waals surface area contributed by atoms with E-state index in [1.165, 1.54) is 6.08 Å². The van der Waals surface area contributed by atoms with E-state index in [-0.39, 0.29) is 18.4 Å². The van der Waals surface area contributed by atoms with E-state index in [0.29, 0.717) is 17.0 Å². The lowest BCUT2D eigenvalue weighted by molar-refractivity contribution is -0.111. The van der Waals surface area contributed by atoms with Crippen LogP contribution in [0.15, 0.2) is 54.6 Å². The monoisotopic (exact) mass is 335 g/mol. The zero-order chi connectivity index (χ0) is 18.1. The Morgan fingerprint density at radius 3 is 2.40 bits per heavy atom. The number of nitrogens with one attached hydrogen (secondary N) is 2. The third-order valence-electron chi connectivity index (χ3n) is 3.25. The number of amides is 2. The SMILES string of the molecule is CNC(=O)c1ccc(NC(=O)/C=C/c2ccc(OCC#N)cc2)cc1. The molecule has 0 saturated carbocycles. The van der Waals surface area contributed by atoms with Crippen molar-refractivity contribution in [2.45, 2.75) is 0 Å². The van der Waals surface area contributed by atoms with Gasteiger partial charge < -0.3 is 15.4 Å². The number of hydrogen-bond donors (Lipinski definition) is 2. The van der Waals surface area contributed by atoms with Crippen LogP contribution in [0.5, 0.6) is 5.75 Å². The first-order chi connectivity index (χ1) is 12.1. The smallest absolute Gasteiger partial charge is 0.251 e. The molecular weight excluding hydrogens is 318 g/mol. The number of nitriles is 1. The van der Waals surface area contributed by atoms with Gasteiger partial charge in [-0.2, -0.15) is 5.26 Å². The van der Waals surface area contributed by atoms with Crippen LogP contribution >= 0.6 is 0 Å². The highest BCUT2D eigenvalue weighted by molar-refractivity contribution is 6.02. The molecule has 0 radical (unpaired) electrons. The van der Waals surface area contributed by atoms with Crippen LogP contribution in [0.1, 0.15) is 15.9 Å². The van der Waals surface area contributed by atoms with Gasteiger partial charge in [-0.15, -0.1) is 0 Å². The van der Waals surface area contributed by atoms with Crippen molar-refractivity contribution >= 4 is 23.6 Å². The van der Waals surface area contributed by atoms with Crippen molar-refractivity contribution in [2.75, 3.05) is 19.0 Å². The zero-order valence-electron chi connectivity index (χ0n) is 13.7. The van der Waals surface area contributed by atoms with Crippen LogP contribution in [0.4, 0.5) is 5.69 Å². The van der Waals surface area contributed by atoms with Gasteiger partial charge in [0.2, 0.25) is 5.91 Å². The van der Waals surface area contributed by atoms with E-state index in [9.17, 15) is 9.59 Å². The van der Waals surface area contributed by atoms with Crippen LogP contribution in [0.3, 0.4) is 0 Å². The van der Waals surface area contributed by atoms with Crippen molar-refractivity contribution < 1.29 is 14.3 Å². The minimum absolute atomic E-state index is 0.00367. The van der Waals surface area contributed by atoms with Gasteiger partial charge in [0.25, 0.3) is 5.91 Å². The summed E-state index contributed by atoms with van der Waals surface area (Å²) in [6.45, 7) is -0.00367. The van der Waals surface area contributed by atoms with Gasteiger partial charge in [0.05, 0.1) is 0 Å². The first-order valence-corrected chi connectivity index (χ1v) is 7.53. The predicted molar refractivity (Wildman–Crippen MR) is 95.0 cm³/mol. The Balaban J connectivity index is 1.92. The first kappa shape index (κ1) is 17.8. The molecule has 0 atom stereocenters. The van der Waals surface area contributed by atoms with Crippen molar-refractivity contribution in [1.29, 1.82) is 5.26 Å². The van der Waals surface area contributed by atoms with Crippen LogP contribution in [0.25, 0.3) is 6.08 Å². The fraction of sp³-hybridized carbons (Fsp3) is 0.105. The largest absolute Gasteiger partial charge is 0.479 e. The minimum atomic E-state index is -0.280. The van der Waals surface area contributed by atoms with Gasteiger partial charge in [0.15, 0.2) is 6.61 Å². The number of hydrogen-bond acceptors (Lipinski definition) is 4. The summed E-state index contributed by atoms with van der Waals surface area (Å²) in [4.78, 5) is 23.4. The van der Waals surface area contributed by atoms with Gasteiger partial charge in [0, 0.05) is 24.4 Å². The Morgan fingerprint density at radius 1 is 1.12 bits per heavy atom. The number of rotatable bonds is 6. The van der Waals surface area contributed by atoms with E-state index < -0.39 is 0 Å². The molecule has 6 nitrogen and oxygen atoms in total. The molecule has 0 unspecified atom stereocenters. The Bertz CT molecular complexity index is 803. The van der Waals surface area contributed by atoms with E-state index in [1.807, 2.05) is 6.07 Å².